The fourth-order valence-corrected chi connectivity index (χ4v) is 5.93. The highest BCUT2D eigenvalue weighted by molar-refractivity contribution is 6.36. The lowest BCUT2D eigenvalue weighted by Gasteiger charge is -2.39. The molecule has 0 aliphatic carbocycles. The Hall–Kier alpha value is -3.19. The van der Waals surface area contributed by atoms with Crippen LogP contribution in [-0.2, 0) is 15.9 Å². The molecule has 1 unspecified atom stereocenters. The minimum absolute atomic E-state index is 0.00732. The number of hydrogen-bond donors (Lipinski definition) is 1. The lowest BCUT2D eigenvalue weighted by molar-refractivity contribution is -0.0579. The first-order valence-corrected chi connectivity index (χ1v) is 14.0. The van der Waals surface area contributed by atoms with Crippen LogP contribution in [0.5, 0.6) is 0 Å². The van der Waals surface area contributed by atoms with Crippen LogP contribution in [0.15, 0.2) is 34.7 Å². The third-order valence-electron chi connectivity index (χ3n) is 7.12. The first kappa shape index (κ1) is 29.8. The number of urea groups is 1. The van der Waals surface area contributed by atoms with E-state index in [2.05, 4.69) is 4.85 Å². The molecule has 2 aliphatic heterocycles. The minimum Gasteiger partial charge on any atom is -0.474 e. The summed E-state index contributed by atoms with van der Waals surface area (Å²) >= 11 is 12.5. The van der Waals surface area contributed by atoms with Crippen LogP contribution in [0.25, 0.3) is 16.2 Å². The van der Waals surface area contributed by atoms with Crippen molar-refractivity contribution in [1.29, 1.82) is 0 Å². The maximum absolute atomic E-state index is 14.2. The number of ether oxygens (including phenoxy) is 2. The van der Waals surface area contributed by atoms with Gasteiger partial charge in [-0.2, -0.15) is 4.85 Å². The number of halogens is 3. The molecule has 2 N–H and O–H groups in total. The number of nitrogens with zero attached hydrogens (tertiary/aromatic N) is 3. The van der Waals surface area contributed by atoms with Gasteiger partial charge in [0.05, 0.1) is 23.5 Å². The van der Waals surface area contributed by atoms with Crippen molar-refractivity contribution in [2.45, 2.75) is 58.8 Å². The predicted octanol–water partition coefficient (Wildman–Crippen LogP) is 6.93. The number of nitrogens with two attached hydrogens (primary N) is 1. The van der Waals surface area contributed by atoms with E-state index in [1.54, 1.807) is 13.2 Å². The van der Waals surface area contributed by atoms with Gasteiger partial charge in [0.15, 0.2) is 5.76 Å². The van der Waals surface area contributed by atoms with Crippen LogP contribution in [-0.4, -0.2) is 54.2 Å². The van der Waals surface area contributed by atoms with Crippen molar-refractivity contribution in [3.8, 4) is 6.57 Å². The van der Waals surface area contributed by atoms with Crippen LogP contribution in [0.2, 0.25) is 10.0 Å². The van der Waals surface area contributed by atoms with E-state index in [1.807, 2.05) is 36.6 Å². The lowest BCUT2D eigenvalue weighted by atomic mass is 9.95. The fraction of sp³-hybridized carbons (Fsp3) is 0.448. The highest BCUT2D eigenvalue weighted by atomic mass is 35.5. The van der Waals surface area contributed by atoms with Gasteiger partial charge < -0.3 is 23.7 Å². The zero-order valence-electron chi connectivity index (χ0n) is 23.0. The molecule has 2 aliphatic rings. The van der Waals surface area contributed by atoms with Gasteiger partial charge in [-0.25, -0.2) is 9.18 Å². The number of furan rings is 1. The van der Waals surface area contributed by atoms with E-state index in [4.69, 9.17) is 49.4 Å². The summed E-state index contributed by atoms with van der Waals surface area (Å²) in [7, 11) is 0. The van der Waals surface area contributed by atoms with Crippen molar-refractivity contribution in [1.82, 2.24) is 9.80 Å². The average Bonchev–Trinajstić information content (AvgIpc) is 3.36. The number of benzene rings is 1. The second-order valence-electron chi connectivity index (χ2n) is 10.0. The molecule has 0 saturated carbocycles. The molecular formula is C29H34Cl2FN4O4+. The molecule has 0 radical (unpaired) electrons. The number of carbonyl (C=O) groups is 1. The van der Waals surface area contributed by atoms with E-state index in [9.17, 15) is 9.18 Å². The largest absolute Gasteiger partial charge is 0.474 e. The summed E-state index contributed by atoms with van der Waals surface area (Å²) in [5.41, 5.74) is 9.16. The van der Waals surface area contributed by atoms with Gasteiger partial charge in [-0.05, 0) is 51.3 Å². The first-order valence-electron chi connectivity index (χ1n) is 13.3. The number of hydrogen-bond acceptors (Lipinski definition) is 5. The third kappa shape index (κ3) is 6.09. The zero-order valence-corrected chi connectivity index (χ0v) is 24.6. The normalized spacial score (nSPS) is 20.9. The minimum atomic E-state index is -0.802. The number of rotatable bonds is 6. The summed E-state index contributed by atoms with van der Waals surface area (Å²) in [6.45, 7) is 15.3. The third-order valence-corrected chi connectivity index (χ3v) is 7.84. The van der Waals surface area contributed by atoms with E-state index < -0.39 is 11.9 Å². The Kier molecular flexibility index (Phi) is 9.34. The molecule has 40 heavy (non-hydrogen) atoms. The molecule has 2 aromatic rings. The van der Waals surface area contributed by atoms with E-state index in [0.717, 1.165) is 16.7 Å². The lowest BCUT2D eigenvalue weighted by Crippen LogP contribution is -2.53. The molecule has 11 heteroatoms. The molecule has 1 saturated heterocycles. The highest BCUT2D eigenvalue weighted by Crippen LogP contribution is 2.40. The molecule has 1 aromatic heterocycles. The average molecular weight is 593 g/mol. The van der Waals surface area contributed by atoms with Gasteiger partial charge in [0.2, 0.25) is 0 Å². The molecular weight excluding hydrogens is 558 g/mol. The molecule has 3 heterocycles. The summed E-state index contributed by atoms with van der Waals surface area (Å²) in [6, 6.07) is 2.61. The SMILES string of the molecule is C#[N+]/C(N)=C(\O[C@H](C)c1c(Cl)ccc(F)c1Cl)c1occ(C2=CCN(C(=O)N3CC(C)O[C@H](C)C3)CC2)c1CC. The van der Waals surface area contributed by atoms with E-state index in [-0.39, 0.29) is 45.4 Å². The molecule has 1 aromatic carbocycles. The van der Waals surface area contributed by atoms with Crippen molar-refractivity contribution < 1.29 is 23.1 Å². The smallest absolute Gasteiger partial charge is 0.422 e. The van der Waals surface area contributed by atoms with E-state index >= 15 is 0 Å². The van der Waals surface area contributed by atoms with Gasteiger partial charge in [0.25, 0.3) is 5.76 Å². The molecule has 0 bridgehead atoms. The van der Waals surface area contributed by atoms with Crippen LogP contribution in [0.4, 0.5) is 9.18 Å². The van der Waals surface area contributed by atoms with Crippen LogP contribution in [0, 0.1) is 12.4 Å². The number of morpholine rings is 1. The topological polar surface area (TPSA) is 85.5 Å². The Labute approximate surface area is 243 Å². The van der Waals surface area contributed by atoms with Crippen LogP contribution in [0.1, 0.15) is 62.7 Å². The quantitative estimate of drug-likeness (QED) is 0.291. The van der Waals surface area contributed by atoms with Gasteiger partial charge in [-0.15, -0.1) is 0 Å². The maximum Gasteiger partial charge on any atom is 0.422 e. The Morgan fingerprint density at radius 3 is 2.58 bits per heavy atom. The zero-order chi connectivity index (χ0) is 29.1. The van der Waals surface area contributed by atoms with Crippen molar-refractivity contribution in [2.75, 3.05) is 26.2 Å². The van der Waals surface area contributed by atoms with Gasteiger partial charge >= 0.3 is 11.9 Å². The standard InChI is InChI=1S/C29H34Cl2FN4O4/c1-6-20-21(19-9-11-35(12-10-19)29(37)36-13-16(2)39-17(3)14-36)15-38-26(20)27(28(33)34-5)40-18(4)24-22(30)7-8-23(32)25(24)31/h5,7-9,15-18H,6,10-14,33H2,1-4H3/q+1/b28-27-/t16-,17?,18-/m1/s1. The van der Waals surface area contributed by atoms with Crippen LogP contribution < -0.4 is 5.73 Å². The Morgan fingerprint density at radius 1 is 1.27 bits per heavy atom. The first-order chi connectivity index (χ1) is 19.0. The number of amides is 2. The molecule has 3 atom stereocenters. The second-order valence-corrected chi connectivity index (χ2v) is 10.8. The second kappa shape index (κ2) is 12.5. The number of carbonyl (C=O) groups excluding carboxylic acids is 1. The molecule has 0 spiro atoms. The highest BCUT2D eigenvalue weighted by Gasteiger charge is 2.32. The van der Waals surface area contributed by atoms with E-state index in [1.165, 1.54) is 12.1 Å². The monoisotopic (exact) mass is 591 g/mol. The van der Waals surface area contributed by atoms with E-state index in [0.29, 0.717) is 44.8 Å². The molecule has 4 rings (SSSR count). The van der Waals surface area contributed by atoms with Gasteiger partial charge in [-0.3, -0.25) is 5.73 Å². The summed E-state index contributed by atoms with van der Waals surface area (Å²) in [5, 5.41) is 0.0933. The summed E-state index contributed by atoms with van der Waals surface area (Å²) < 4.78 is 32.0. The van der Waals surface area contributed by atoms with Gasteiger partial charge in [-0.1, -0.05) is 36.2 Å². The summed E-state index contributed by atoms with van der Waals surface area (Å²) in [5.74, 6) is -0.273. The molecule has 2 amide bonds. The fourth-order valence-electron chi connectivity index (χ4n) is 5.26. The Morgan fingerprint density at radius 2 is 1.98 bits per heavy atom. The van der Waals surface area contributed by atoms with Crippen molar-refractivity contribution in [3.05, 3.63) is 73.5 Å². The van der Waals surface area contributed by atoms with Gasteiger partial charge in [0.1, 0.15) is 18.5 Å². The molecule has 214 valence electrons. The van der Waals surface area contributed by atoms with Crippen molar-refractivity contribution in [2.24, 2.45) is 5.73 Å². The maximum atomic E-state index is 14.2. The summed E-state index contributed by atoms with van der Waals surface area (Å²) in [4.78, 5) is 20.5. The molecule has 1 fully saturated rings. The van der Waals surface area contributed by atoms with Crippen LogP contribution in [0.3, 0.4) is 0 Å². The van der Waals surface area contributed by atoms with Gasteiger partial charge in [0, 0.05) is 47.9 Å². The van der Waals surface area contributed by atoms with Crippen molar-refractivity contribution >= 4 is 40.6 Å². The Bertz CT molecular complexity index is 1370. The predicted molar refractivity (Wildman–Crippen MR) is 155 cm³/mol. The summed E-state index contributed by atoms with van der Waals surface area (Å²) in [6.07, 6.45) is 4.13. The Balaban J connectivity index is 1.58. The molecule has 8 nitrogen and oxygen atoms in total. The van der Waals surface area contributed by atoms with Crippen molar-refractivity contribution in [3.63, 3.8) is 0 Å². The van der Waals surface area contributed by atoms with Crippen LogP contribution >= 0.6 is 23.2 Å².